The number of thiophene rings is 1. The molecule has 2 rings (SSSR count). The van der Waals surface area contributed by atoms with Crippen molar-refractivity contribution >= 4 is 11.3 Å². The summed E-state index contributed by atoms with van der Waals surface area (Å²) < 4.78 is 0. The lowest BCUT2D eigenvalue weighted by Crippen LogP contribution is -2.25. The van der Waals surface area contributed by atoms with Crippen molar-refractivity contribution in [2.24, 2.45) is 0 Å². The highest BCUT2D eigenvalue weighted by Gasteiger charge is 2.09. The van der Waals surface area contributed by atoms with Crippen LogP contribution in [0, 0.1) is 0 Å². The maximum atomic E-state index is 9.94. The topological polar surface area (TPSA) is 32.3 Å². The van der Waals surface area contributed by atoms with Gasteiger partial charge in [-0.25, -0.2) is 0 Å². The van der Waals surface area contributed by atoms with E-state index in [4.69, 9.17) is 0 Å². The Hall–Kier alpha value is -1.16. The summed E-state index contributed by atoms with van der Waals surface area (Å²) in [5.41, 5.74) is 2.33. The second-order valence-electron chi connectivity index (χ2n) is 4.54. The molecule has 0 saturated heterocycles. The second kappa shape index (κ2) is 6.69. The Labute approximate surface area is 112 Å². The molecule has 0 aliphatic carbocycles. The smallest absolute Gasteiger partial charge is 0.0922 e. The van der Waals surface area contributed by atoms with Crippen LogP contribution in [0.3, 0.4) is 0 Å². The molecule has 0 spiro atoms. The molecule has 3 heteroatoms. The normalized spacial score (nSPS) is 14.3. The first kappa shape index (κ1) is 13.3. The molecule has 2 unspecified atom stereocenters. The number of benzene rings is 1. The molecule has 1 aromatic carbocycles. The van der Waals surface area contributed by atoms with Gasteiger partial charge in [0, 0.05) is 13.1 Å². The van der Waals surface area contributed by atoms with Crippen molar-refractivity contribution in [3.63, 3.8) is 0 Å². The number of hydrogen-bond donors (Lipinski definition) is 2. The van der Waals surface area contributed by atoms with E-state index in [1.165, 1.54) is 5.56 Å². The summed E-state index contributed by atoms with van der Waals surface area (Å²) >= 11 is 1.62. The van der Waals surface area contributed by atoms with Crippen molar-refractivity contribution < 1.29 is 5.11 Å². The van der Waals surface area contributed by atoms with E-state index in [9.17, 15) is 5.11 Å². The zero-order chi connectivity index (χ0) is 12.8. The predicted molar refractivity (Wildman–Crippen MR) is 77.0 cm³/mol. The van der Waals surface area contributed by atoms with Gasteiger partial charge in [0.15, 0.2) is 0 Å². The zero-order valence-corrected chi connectivity index (χ0v) is 11.4. The summed E-state index contributed by atoms with van der Waals surface area (Å²) in [5.74, 6) is 0.459. The van der Waals surface area contributed by atoms with Gasteiger partial charge in [0.1, 0.15) is 0 Å². The fourth-order valence-corrected chi connectivity index (χ4v) is 2.63. The van der Waals surface area contributed by atoms with Crippen molar-refractivity contribution in [3.8, 4) is 0 Å². The Kier molecular flexibility index (Phi) is 4.93. The van der Waals surface area contributed by atoms with E-state index in [2.05, 4.69) is 36.5 Å². The monoisotopic (exact) mass is 261 g/mol. The molecule has 2 aromatic rings. The standard InChI is InChI=1S/C15H19NOS/c1-12(13-5-3-2-4-6-13)9-16-10-15(17)14-7-8-18-11-14/h2-8,11-12,15-17H,9-10H2,1H3. The summed E-state index contributed by atoms with van der Waals surface area (Å²) in [6.45, 7) is 3.68. The number of rotatable bonds is 6. The van der Waals surface area contributed by atoms with Gasteiger partial charge >= 0.3 is 0 Å². The third kappa shape index (κ3) is 3.67. The van der Waals surface area contributed by atoms with E-state index in [0.29, 0.717) is 12.5 Å². The number of nitrogens with one attached hydrogen (secondary N) is 1. The molecular formula is C15H19NOS. The molecule has 0 amide bonds. The molecule has 0 fully saturated rings. The lowest BCUT2D eigenvalue weighted by atomic mass is 10.0. The molecule has 2 N–H and O–H groups in total. The molecule has 2 atom stereocenters. The van der Waals surface area contributed by atoms with Gasteiger partial charge < -0.3 is 10.4 Å². The molecule has 0 aliphatic heterocycles. The van der Waals surface area contributed by atoms with Crippen molar-refractivity contribution in [1.82, 2.24) is 5.32 Å². The van der Waals surface area contributed by atoms with Crippen LogP contribution < -0.4 is 5.32 Å². The first-order chi connectivity index (χ1) is 8.77. The van der Waals surface area contributed by atoms with Crippen molar-refractivity contribution in [2.45, 2.75) is 18.9 Å². The zero-order valence-electron chi connectivity index (χ0n) is 10.5. The summed E-state index contributed by atoms with van der Waals surface area (Å²) in [6.07, 6.45) is -0.403. The minimum absolute atomic E-state index is 0.403. The van der Waals surface area contributed by atoms with E-state index >= 15 is 0 Å². The van der Waals surface area contributed by atoms with Crippen LogP contribution in [0.1, 0.15) is 30.1 Å². The van der Waals surface area contributed by atoms with Crippen LogP contribution in [-0.2, 0) is 0 Å². The van der Waals surface area contributed by atoms with Gasteiger partial charge in [-0.3, -0.25) is 0 Å². The lowest BCUT2D eigenvalue weighted by Gasteiger charge is -2.15. The van der Waals surface area contributed by atoms with Gasteiger partial charge in [0.05, 0.1) is 6.10 Å². The quantitative estimate of drug-likeness (QED) is 0.837. The molecule has 2 nitrogen and oxygen atoms in total. The van der Waals surface area contributed by atoms with Crippen LogP contribution in [0.4, 0.5) is 0 Å². The fourth-order valence-electron chi connectivity index (χ4n) is 1.92. The Morgan fingerprint density at radius 3 is 2.56 bits per heavy atom. The van der Waals surface area contributed by atoms with Crippen molar-refractivity contribution in [1.29, 1.82) is 0 Å². The van der Waals surface area contributed by atoms with Crippen LogP contribution in [0.15, 0.2) is 47.2 Å². The van der Waals surface area contributed by atoms with E-state index in [1.807, 2.05) is 22.9 Å². The third-order valence-electron chi connectivity index (χ3n) is 3.08. The maximum absolute atomic E-state index is 9.94. The van der Waals surface area contributed by atoms with Crippen LogP contribution in [0.25, 0.3) is 0 Å². The summed E-state index contributed by atoms with van der Waals surface area (Å²) in [4.78, 5) is 0. The van der Waals surface area contributed by atoms with Crippen molar-refractivity contribution in [2.75, 3.05) is 13.1 Å². The fraction of sp³-hybridized carbons (Fsp3) is 0.333. The van der Waals surface area contributed by atoms with Crippen LogP contribution in [0.5, 0.6) is 0 Å². The maximum Gasteiger partial charge on any atom is 0.0922 e. The highest BCUT2D eigenvalue weighted by Crippen LogP contribution is 2.16. The minimum Gasteiger partial charge on any atom is -0.387 e. The molecule has 1 aromatic heterocycles. The Morgan fingerprint density at radius 2 is 1.89 bits per heavy atom. The lowest BCUT2D eigenvalue weighted by molar-refractivity contribution is 0.175. The molecule has 0 radical (unpaired) electrons. The van der Waals surface area contributed by atoms with E-state index in [-0.39, 0.29) is 0 Å². The first-order valence-electron chi connectivity index (χ1n) is 6.23. The second-order valence-corrected chi connectivity index (χ2v) is 5.32. The molecule has 18 heavy (non-hydrogen) atoms. The molecule has 0 saturated carbocycles. The highest BCUT2D eigenvalue weighted by atomic mass is 32.1. The van der Waals surface area contributed by atoms with Gasteiger partial charge in [-0.1, -0.05) is 37.3 Å². The molecular weight excluding hydrogens is 242 g/mol. The van der Waals surface area contributed by atoms with Crippen LogP contribution >= 0.6 is 11.3 Å². The molecule has 96 valence electrons. The average Bonchev–Trinajstić information content (AvgIpc) is 2.93. The summed E-state index contributed by atoms with van der Waals surface area (Å²) in [7, 11) is 0. The van der Waals surface area contributed by atoms with E-state index in [1.54, 1.807) is 11.3 Å². The Balaban J connectivity index is 1.76. The van der Waals surface area contributed by atoms with Crippen molar-refractivity contribution in [3.05, 3.63) is 58.3 Å². The van der Waals surface area contributed by atoms with E-state index in [0.717, 1.165) is 12.1 Å². The van der Waals surface area contributed by atoms with E-state index < -0.39 is 6.10 Å². The van der Waals surface area contributed by atoms with Gasteiger partial charge in [-0.2, -0.15) is 11.3 Å². The third-order valence-corrected chi connectivity index (χ3v) is 3.79. The van der Waals surface area contributed by atoms with Gasteiger partial charge in [0.25, 0.3) is 0 Å². The SMILES string of the molecule is CC(CNCC(O)c1ccsc1)c1ccccc1. The Bertz CT molecular complexity index is 441. The average molecular weight is 261 g/mol. The highest BCUT2D eigenvalue weighted by molar-refractivity contribution is 7.07. The largest absolute Gasteiger partial charge is 0.387 e. The molecule has 1 heterocycles. The van der Waals surface area contributed by atoms with Crippen LogP contribution in [-0.4, -0.2) is 18.2 Å². The van der Waals surface area contributed by atoms with Gasteiger partial charge in [-0.15, -0.1) is 0 Å². The molecule has 0 aliphatic rings. The van der Waals surface area contributed by atoms with Gasteiger partial charge in [0.2, 0.25) is 0 Å². The summed E-state index contributed by atoms with van der Waals surface area (Å²) in [5, 5.41) is 17.2. The first-order valence-corrected chi connectivity index (χ1v) is 7.17. The minimum atomic E-state index is -0.403. The van der Waals surface area contributed by atoms with Crippen LogP contribution in [0.2, 0.25) is 0 Å². The molecule has 0 bridgehead atoms. The number of aliphatic hydroxyl groups is 1. The Morgan fingerprint density at radius 1 is 1.11 bits per heavy atom. The predicted octanol–water partition coefficient (Wildman–Crippen LogP) is 3.17. The number of aliphatic hydroxyl groups excluding tert-OH is 1. The van der Waals surface area contributed by atoms with Gasteiger partial charge in [-0.05, 0) is 33.9 Å². The number of hydrogen-bond acceptors (Lipinski definition) is 3. The summed E-state index contributed by atoms with van der Waals surface area (Å²) in [6, 6.07) is 12.4.